The van der Waals surface area contributed by atoms with E-state index in [0.29, 0.717) is 11.9 Å². The first-order valence-electron chi connectivity index (χ1n) is 7.99. The van der Waals surface area contributed by atoms with Crippen molar-refractivity contribution in [1.29, 1.82) is 0 Å². The van der Waals surface area contributed by atoms with E-state index in [4.69, 9.17) is 5.73 Å². The number of halogens is 2. The van der Waals surface area contributed by atoms with Gasteiger partial charge in [0.1, 0.15) is 5.82 Å². The molecule has 0 aliphatic heterocycles. The molecule has 2 aromatic carbocycles. The smallest absolute Gasteiger partial charge is 0.193 e. The van der Waals surface area contributed by atoms with Crippen molar-refractivity contribution in [3.05, 3.63) is 65.5 Å². The number of nitrogens with one attached hydrogen (secondary N) is 1. The molecule has 0 aromatic heterocycles. The van der Waals surface area contributed by atoms with Crippen LogP contribution in [0.25, 0.3) is 0 Å². The first kappa shape index (κ1) is 18.7. The molecule has 2 aromatic rings. The lowest BCUT2D eigenvalue weighted by Gasteiger charge is -2.10. The number of hydrogen-bond donors (Lipinski definition) is 2. The Morgan fingerprint density at radius 2 is 1.96 bits per heavy atom. The Bertz CT molecular complexity index is 730. The average Bonchev–Trinajstić information content (AvgIpc) is 3.26. The lowest BCUT2D eigenvalue weighted by molar-refractivity contribution is 0.609. The number of nitrogens with two attached hydrogens (primary N) is 1. The molecule has 1 aliphatic carbocycles. The highest BCUT2D eigenvalue weighted by Crippen LogP contribution is 2.44. The SMILES string of the molecule is CC(C)c1cccc(NC(N)=NC2CC2c2ccccc2F)c1.I. The normalized spacial score (nSPS) is 19.8. The number of nitrogens with zero attached hydrogens (tertiary/aromatic N) is 1. The number of benzene rings is 2. The van der Waals surface area contributed by atoms with E-state index < -0.39 is 0 Å². The third kappa shape index (κ3) is 4.47. The van der Waals surface area contributed by atoms with Gasteiger partial charge in [0.05, 0.1) is 6.04 Å². The Balaban J connectivity index is 0.00000208. The monoisotopic (exact) mass is 439 g/mol. The van der Waals surface area contributed by atoms with Gasteiger partial charge in [-0.1, -0.05) is 44.2 Å². The molecule has 3 N–H and O–H groups in total. The summed E-state index contributed by atoms with van der Waals surface area (Å²) in [6, 6.07) is 15.1. The van der Waals surface area contributed by atoms with Crippen LogP contribution in [0, 0.1) is 5.82 Å². The highest BCUT2D eigenvalue weighted by molar-refractivity contribution is 14.0. The number of aliphatic imine (C=N–C) groups is 1. The summed E-state index contributed by atoms with van der Waals surface area (Å²) in [4.78, 5) is 4.47. The summed E-state index contributed by atoms with van der Waals surface area (Å²) in [5.41, 5.74) is 8.91. The molecule has 1 fully saturated rings. The fourth-order valence-electron chi connectivity index (χ4n) is 2.77. The Labute approximate surface area is 159 Å². The van der Waals surface area contributed by atoms with E-state index in [9.17, 15) is 4.39 Å². The van der Waals surface area contributed by atoms with E-state index >= 15 is 0 Å². The maximum absolute atomic E-state index is 13.8. The molecular weight excluding hydrogens is 416 g/mol. The molecule has 0 spiro atoms. The van der Waals surface area contributed by atoms with Gasteiger partial charge in [0, 0.05) is 11.6 Å². The molecule has 0 radical (unpaired) electrons. The fraction of sp³-hybridized carbons (Fsp3) is 0.316. The van der Waals surface area contributed by atoms with Crippen molar-refractivity contribution in [2.24, 2.45) is 10.7 Å². The molecule has 3 rings (SSSR count). The third-order valence-electron chi connectivity index (χ3n) is 4.19. The van der Waals surface area contributed by atoms with Gasteiger partial charge in [0.15, 0.2) is 5.96 Å². The fourth-order valence-corrected chi connectivity index (χ4v) is 2.77. The van der Waals surface area contributed by atoms with Gasteiger partial charge < -0.3 is 11.1 Å². The van der Waals surface area contributed by atoms with Gasteiger partial charge >= 0.3 is 0 Å². The minimum atomic E-state index is -0.161. The first-order valence-corrected chi connectivity index (χ1v) is 7.99. The van der Waals surface area contributed by atoms with E-state index in [0.717, 1.165) is 17.7 Å². The molecule has 24 heavy (non-hydrogen) atoms. The molecule has 1 aliphatic rings. The zero-order valence-electron chi connectivity index (χ0n) is 13.9. The zero-order chi connectivity index (χ0) is 16.4. The van der Waals surface area contributed by atoms with Gasteiger partial charge in [-0.15, -0.1) is 24.0 Å². The molecule has 2 atom stereocenters. The van der Waals surface area contributed by atoms with Crippen LogP contribution >= 0.6 is 24.0 Å². The van der Waals surface area contributed by atoms with Gasteiger partial charge in [-0.3, -0.25) is 0 Å². The summed E-state index contributed by atoms with van der Waals surface area (Å²) in [7, 11) is 0. The molecule has 1 saturated carbocycles. The molecule has 0 amide bonds. The zero-order valence-corrected chi connectivity index (χ0v) is 16.2. The summed E-state index contributed by atoms with van der Waals surface area (Å²) in [5, 5.41) is 3.13. The molecule has 0 heterocycles. The maximum atomic E-state index is 13.8. The average molecular weight is 439 g/mol. The number of anilines is 1. The molecular formula is C19H23FIN3. The summed E-state index contributed by atoms with van der Waals surface area (Å²) in [6.45, 7) is 4.31. The minimum Gasteiger partial charge on any atom is -0.370 e. The van der Waals surface area contributed by atoms with E-state index in [-0.39, 0.29) is 41.8 Å². The highest BCUT2D eigenvalue weighted by atomic mass is 127. The van der Waals surface area contributed by atoms with Crippen LogP contribution in [0.5, 0.6) is 0 Å². The van der Waals surface area contributed by atoms with Crippen LogP contribution in [0.15, 0.2) is 53.5 Å². The summed E-state index contributed by atoms with van der Waals surface area (Å²) >= 11 is 0. The predicted molar refractivity (Wildman–Crippen MR) is 109 cm³/mol. The van der Waals surface area contributed by atoms with Crippen LogP contribution in [0.4, 0.5) is 10.1 Å². The maximum Gasteiger partial charge on any atom is 0.193 e. The largest absolute Gasteiger partial charge is 0.370 e. The van der Waals surface area contributed by atoms with Crippen molar-refractivity contribution in [3.63, 3.8) is 0 Å². The summed E-state index contributed by atoms with van der Waals surface area (Å²) in [5.74, 6) is 0.823. The van der Waals surface area contributed by atoms with E-state index in [1.807, 2.05) is 24.3 Å². The van der Waals surface area contributed by atoms with E-state index in [1.54, 1.807) is 6.07 Å². The third-order valence-corrected chi connectivity index (χ3v) is 4.19. The number of rotatable bonds is 4. The lowest BCUT2D eigenvalue weighted by Crippen LogP contribution is -2.23. The molecule has 0 bridgehead atoms. The van der Waals surface area contributed by atoms with E-state index in [2.05, 4.69) is 36.3 Å². The second-order valence-corrected chi connectivity index (χ2v) is 6.35. The standard InChI is InChI=1S/C19H22FN3.HI/c1-12(2)13-6-5-7-14(10-13)22-19(21)23-18-11-16(18)15-8-3-4-9-17(15)20;/h3-10,12,16,18H,11H2,1-2H3,(H3,21,22,23);1H. The van der Waals surface area contributed by atoms with E-state index in [1.165, 1.54) is 11.6 Å². The summed E-state index contributed by atoms with van der Waals surface area (Å²) in [6.07, 6.45) is 0.843. The minimum absolute atomic E-state index is 0. The van der Waals surface area contributed by atoms with Gasteiger partial charge in [0.25, 0.3) is 0 Å². The van der Waals surface area contributed by atoms with Crippen LogP contribution in [-0.4, -0.2) is 12.0 Å². The molecule has 0 saturated heterocycles. The molecule has 128 valence electrons. The van der Waals surface area contributed by atoms with Gasteiger partial charge in [-0.05, 0) is 41.7 Å². The van der Waals surface area contributed by atoms with Crippen molar-refractivity contribution < 1.29 is 4.39 Å². The van der Waals surface area contributed by atoms with Crippen molar-refractivity contribution in [3.8, 4) is 0 Å². The van der Waals surface area contributed by atoms with Crippen molar-refractivity contribution in [1.82, 2.24) is 0 Å². The predicted octanol–water partition coefficient (Wildman–Crippen LogP) is 4.85. The quantitative estimate of drug-likeness (QED) is 0.407. The second-order valence-electron chi connectivity index (χ2n) is 6.35. The van der Waals surface area contributed by atoms with Gasteiger partial charge in [-0.25, -0.2) is 9.38 Å². The Morgan fingerprint density at radius 1 is 1.21 bits per heavy atom. The number of hydrogen-bond acceptors (Lipinski definition) is 1. The molecule has 3 nitrogen and oxygen atoms in total. The van der Waals surface area contributed by atoms with Crippen LogP contribution in [-0.2, 0) is 0 Å². The second kappa shape index (κ2) is 7.96. The highest BCUT2D eigenvalue weighted by Gasteiger charge is 2.40. The van der Waals surface area contributed by atoms with Crippen LogP contribution < -0.4 is 11.1 Å². The summed E-state index contributed by atoms with van der Waals surface area (Å²) < 4.78 is 13.8. The van der Waals surface area contributed by atoms with Crippen molar-refractivity contribution in [2.45, 2.75) is 38.1 Å². The Hall–Kier alpha value is -1.63. The Morgan fingerprint density at radius 3 is 2.67 bits per heavy atom. The van der Waals surface area contributed by atoms with Crippen LogP contribution in [0.1, 0.15) is 43.2 Å². The topological polar surface area (TPSA) is 50.4 Å². The van der Waals surface area contributed by atoms with Crippen molar-refractivity contribution in [2.75, 3.05) is 5.32 Å². The van der Waals surface area contributed by atoms with Gasteiger partial charge in [0.2, 0.25) is 0 Å². The van der Waals surface area contributed by atoms with Crippen LogP contribution in [0.2, 0.25) is 0 Å². The Kier molecular flexibility index (Phi) is 6.21. The van der Waals surface area contributed by atoms with Crippen LogP contribution in [0.3, 0.4) is 0 Å². The first-order chi connectivity index (χ1) is 11.0. The van der Waals surface area contributed by atoms with Gasteiger partial charge in [-0.2, -0.15) is 0 Å². The lowest BCUT2D eigenvalue weighted by atomic mass is 10.0. The van der Waals surface area contributed by atoms with Crippen molar-refractivity contribution >= 4 is 35.6 Å². The molecule has 5 heteroatoms. The number of guanidine groups is 1. The molecule has 2 unspecified atom stereocenters.